The molecule has 1 atom stereocenters. The van der Waals surface area contributed by atoms with Crippen LogP contribution in [0.1, 0.15) is 49.7 Å². The molecule has 1 heterocycles. The highest BCUT2D eigenvalue weighted by atomic mass is 16.5. The van der Waals surface area contributed by atoms with Crippen LogP contribution in [0.15, 0.2) is 54.6 Å². The van der Waals surface area contributed by atoms with Crippen molar-refractivity contribution in [2.24, 2.45) is 0 Å². The molecule has 0 radical (unpaired) electrons. The Bertz CT molecular complexity index is 915. The monoisotopic (exact) mass is 378 g/mol. The Hall–Kier alpha value is -2.75. The molecular formula is C24H30N2O2. The highest BCUT2D eigenvalue weighted by Gasteiger charge is 2.19. The first-order valence-corrected chi connectivity index (χ1v) is 10.2. The van der Waals surface area contributed by atoms with E-state index in [-0.39, 0.29) is 11.9 Å². The maximum atomic E-state index is 13.0. The molecule has 1 aromatic heterocycles. The molecule has 0 aliphatic carbocycles. The van der Waals surface area contributed by atoms with E-state index in [1.807, 2.05) is 31.2 Å². The highest BCUT2D eigenvalue weighted by Crippen LogP contribution is 2.29. The lowest BCUT2D eigenvalue weighted by atomic mass is 10.1. The Morgan fingerprint density at radius 2 is 1.89 bits per heavy atom. The van der Waals surface area contributed by atoms with Crippen LogP contribution in [0.3, 0.4) is 0 Å². The Kier molecular flexibility index (Phi) is 6.75. The molecule has 0 aliphatic heterocycles. The predicted octanol–water partition coefficient (Wildman–Crippen LogP) is 5.20. The first kappa shape index (κ1) is 20.0. The molecule has 0 saturated heterocycles. The standard InChI is InChI=1S/C24H30N2O2/c1-4-16-26-21-12-9-13-23(28-5-2)20(21)17-22(26)24(27)25-18(3)14-15-19-10-7-6-8-11-19/h6-13,17-18H,4-5,14-16H2,1-3H3,(H,25,27)/t18-/m0/s1. The van der Waals surface area contributed by atoms with Crippen molar-refractivity contribution in [3.05, 3.63) is 65.9 Å². The fourth-order valence-corrected chi connectivity index (χ4v) is 3.59. The van der Waals surface area contributed by atoms with Crippen LogP contribution >= 0.6 is 0 Å². The van der Waals surface area contributed by atoms with Crippen LogP contribution in [0.5, 0.6) is 5.75 Å². The van der Waals surface area contributed by atoms with Crippen LogP contribution in [-0.2, 0) is 13.0 Å². The second kappa shape index (κ2) is 9.45. The van der Waals surface area contributed by atoms with Crippen molar-refractivity contribution in [2.75, 3.05) is 6.61 Å². The zero-order valence-electron chi connectivity index (χ0n) is 17.1. The summed E-state index contributed by atoms with van der Waals surface area (Å²) in [7, 11) is 0. The van der Waals surface area contributed by atoms with Crippen molar-refractivity contribution in [3.63, 3.8) is 0 Å². The van der Waals surface area contributed by atoms with Crippen molar-refractivity contribution in [3.8, 4) is 5.75 Å². The molecule has 1 amide bonds. The summed E-state index contributed by atoms with van der Waals surface area (Å²) in [6, 6.07) is 18.5. The summed E-state index contributed by atoms with van der Waals surface area (Å²) in [5, 5.41) is 4.18. The summed E-state index contributed by atoms with van der Waals surface area (Å²) in [5.74, 6) is 0.814. The van der Waals surface area contributed by atoms with Crippen LogP contribution in [0.25, 0.3) is 10.9 Å². The van der Waals surface area contributed by atoms with Crippen LogP contribution in [0, 0.1) is 0 Å². The third kappa shape index (κ3) is 4.56. The number of fused-ring (bicyclic) bond motifs is 1. The number of aromatic nitrogens is 1. The van der Waals surface area contributed by atoms with Crippen LogP contribution in [0.4, 0.5) is 0 Å². The molecule has 28 heavy (non-hydrogen) atoms. The van der Waals surface area contributed by atoms with Crippen molar-refractivity contribution in [1.82, 2.24) is 9.88 Å². The molecule has 2 aromatic carbocycles. The first-order valence-electron chi connectivity index (χ1n) is 10.2. The molecule has 3 rings (SSSR count). The van der Waals surface area contributed by atoms with Gasteiger partial charge >= 0.3 is 0 Å². The first-order chi connectivity index (χ1) is 13.6. The van der Waals surface area contributed by atoms with Crippen molar-refractivity contribution in [2.45, 2.75) is 52.6 Å². The van der Waals surface area contributed by atoms with E-state index in [1.165, 1.54) is 5.56 Å². The molecule has 0 saturated carbocycles. The van der Waals surface area contributed by atoms with Crippen molar-refractivity contribution < 1.29 is 9.53 Å². The number of hydrogen-bond acceptors (Lipinski definition) is 2. The number of carbonyl (C=O) groups is 1. The minimum atomic E-state index is -0.0207. The summed E-state index contributed by atoms with van der Waals surface area (Å²) in [5.41, 5.74) is 3.05. The summed E-state index contributed by atoms with van der Waals surface area (Å²) in [6.07, 6.45) is 2.83. The lowest BCUT2D eigenvalue weighted by Gasteiger charge is -2.15. The van der Waals surface area contributed by atoms with Gasteiger partial charge in [0.2, 0.25) is 0 Å². The molecule has 0 bridgehead atoms. The molecule has 1 N–H and O–H groups in total. The number of ether oxygens (including phenoxy) is 1. The summed E-state index contributed by atoms with van der Waals surface area (Å²) in [6.45, 7) is 7.59. The molecule has 4 nitrogen and oxygen atoms in total. The Balaban J connectivity index is 1.78. The number of amides is 1. The quantitative estimate of drug-likeness (QED) is 0.556. The van der Waals surface area contributed by atoms with Gasteiger partial charge in [-0.1, -0.05) is 43.3 Å². The predicted molar refractivity (Wildman–Crippen MR) is 115 cm³/mol. The minimum Gasteiger partial charge on any atom is -0.493 e. The minimum absolute atomic E-state index is 0.0207. The van der Waals surface area contributed by atoms with Gasteiger partial charge in [0.15, 0.2) is 0 Å². The summed E-state index contributed by atoms with van der Waals surface area (Å²) in [4.78, 5) is 13.0. The molecule has 148 valence electrons. The van der Waals surface area contributed by atoms with E-state index in [0.717, 1.165) is 42.5 Å². The van der Waals surface area contributed by atoms with E-state index in [4.69, 9.17) is 4.74 Å². The van der Waals surface area contributed by atoms with Gasteiger partial charge in [-0.2, -0.15) is 0 Å². The van der Waals surface area contributed by atoms with Gasteiger partial charge in [-0.05, 0) is 56.9 Å². The third-order valence-electron chi connectivity index (χ3n) is 4.97. The molecule has 0 aliphatic rings. The van der Waals surface area contributed by atoms with Crippen molar-refractivity contribution >= 4 is 16.8 Å². The van der Waals surface area contributed by atoms with E-state index in [2.05, 4.69) is 54.1 Å². The van der Waals surface area contributed by atoms with Gasteiger partial charge in [0.25, 0.3) is 5.91 Å². The normalized spacial score (nSPS) is 12.1. The lowest BCUT2D eigenvalue weighted by Crippen LogP contribution is -2.34. The third-order valence-corrected chi connectivity index (χ3v) is 4.97. The van der Waals surface area contributed by atoms with Gasteiger partial charge in [0, 0.05) is 18.0 Å². The second-order valence-electron chi connectivity index (χ2n) is 7.20. The van der Waals surface area contributed by atoms with Gasteiger partial charge in [0.1, 0.15) is 11.4 Å². The Labute approximate surface area is 167 Å². The van der Waals surface area contributed by atoms with Gasteiger partial charge in [-0.25, -0.2) is 0 Å². The smallest absolute Gasteiger partial charge is 0.268 e. The number of aryl methyl sites for hydroxylation is 2. The van der Waals surface area contributed by atoms with Gasteiger partial charge in [0.05, 0.1) is 12.1 Å². The van der Waals surface area contributed by atoms with Gasteiger partial charge in [-0.15, -0.1) is 0 Å². The molecule has 0 unspecified atom stereocenters. The maximum absolute atomic E-state index is 13.0. The average molecular weight is 379 g/mol. The molecule has 0 spiro atoms. The van der Waals surface area contributed by atoms with E-state index in [1.54, 1.807) is 0 Å². The fourth-order valence-electron chi connectivity index (χ4n) is 3.59. The summed E-state index contributed by atoms with van der Waals surface area (Å²) >= 11 is 0. The number of carbonyl (C=O) groups excluding carboxylic acids is 1. The number of rotatable bonds is 9. The van der Waals surface area contributed by atoms with Crippen molar-refractivity contribution in [1.29, 1.82) is 0 Å². The van der Waals surface area contributed by atoms with Crippen LogP contribution in [0.2, 0.25) is 0 Å². The van der Waals surface area contributed by atoms with Crippen LogP contribution < -0.4 is 10.1 Å². The Morgan fingerprint density at radius 3 is 2.61 bits per heavy atom. The average Bonchev–Trinajstić information content (AvgIpc) is 3.08. The highest BCUT2D eigenvalue weighted by molar-refractivity contribution is 6.00. The van der Waals surface area contributed by atoms with E-state index >= 15 is 0 Å². The second-order valence-corrected chi connectivity index (χ2v) is 7.20. The summed E-state index contributed by atoms with van der Waals surface area (Å²) < 4.78 is 7.88. The lowest BCUT2D eigenvalue weighted by molar-refractivity contribution is 0.0929. The molecule has 3 aromatic rings. The fraction of sp³-hybridized carbons (Fsp3) is 0.375. The molecular weight excluding hydrogens is 348 g/mol. The van der Waals surface area contributed by atoms with E-state index in [9.17, 15) is 4.79 Å². The molecule has 0 fully saturated rings. The number of benzene rings is 2. The topological polar surface area (TPSA) is 43.3 Å². The van der Waals surface area contributed by atoms with Crippen LogP contribution in [-0.4, -0.2) is 23.1 Å². The number of nitrogens with one attached hydrogen (secondary N) is 1. The zero-order valence-corrected chi connectivity index (χ0v) is 17.1. The Morgan fingerprint density at radius 1 is 1.11 bits per heavy atom. The number of nitrogens with zero attached hydrogens (tertiary/aromatic N) is 1. The van der Waals surface area contributed by atoms with E-state index in [0.29, 0.717) is 12.3 Å². The maximum Gasteiger partial charge on any atom is 0.268 e. The largest absolute Gasteiger partial charge is 0.493 e. The van der Waals surface area contributed by atoms with Gasteiger partial charge < -0.3 is 14.6 Å². The van der Waals surface area contributed by atoms with E-state index < -0.39 is 0 Å². The van der Waals surface area contributed by atoms with Gasteiger partial charge in [-0.3, -0.25) is 4.79 Å². The SMILES string of the molecule is CCCn1c(C(=O)N[C@@H](C)CCc2ccccc2)cc2c(OCC)cccc21. The molecule has 4 heteroatoms. The zero-order chi connectivity index (χ0) is 19.9. The number of hydrogen-bond donors (Lipinski definition) is 1.